The summed E-state index contributed by atoms with van der Waals surface area (Å²) < 4.78 is 10.7. The summed E-state index contributed by atoms with van der Waals surface area (Å²) in [4.78, 5) is 26.5. The minimum absolute atomic E-state index is 0.133. The Kier molecular flexibility index (Phi) is 5.87. The van der Waals surface area contributed by atoms with Gasteiger partial charge in [0.25, 0.3) is 11.6 Å². The maximum absolute atomic E-state index is 13.7. The van der Waals surface area contributed by atoms with Gasteiger partial charge in [0, 0.05) is 24.7 Å². The number of aryl methyl sites for hydroxylation is 2. The second kappa shape index (κ2) is 8.73. The van der Waals surface area contributed by atoms with Crippen LogP contribution in [-0.2, 0) is 11.3 Å². The van der Waals surface area contributed by atoms with Gasteiger partial charge in [-0.05, 0) is 44.2 Å². The van der Waals surface area contributed by atoms with Gasteiger partial charge in [-0.25, -0.2) is 4.98 Å². The van der Waals surface area contributed by atoms with E-state index in [-0.39, 0.29) is 5.91 Å². The standard InChI is InChI=1S/C22H22N4O3S/c1-14-7-8-19(30-14)18-12-17(20-15(2)25-29-21(20)24-18)22(27)26(10-11-28-3)13-16-6-4-5-9-23-16/h4-9,12H,10-11,13H2,1-3H3. The van der Waals surface area contributed by atoms with Crippen LogP contribution in [-0.4, -0.2) is 46.2 Å². The molecule has 4 aromatic heterocycles. The molecular weight excluding hydrogens is 400 g/mol. The van der Waals surface area contributed by atoms with E-state index in [0.29, 0.717) is 47.7 Å². The van der Waals surface area contributed by atoms with Crippen LogP contribution in [0.25, 0.3) is 21.7 Å². The summed E-state index contributed by atoms with van der Waals surface area (Å²) in [6, 6.07) is 11.5. The quantitative estimate of drug-likeness (QED) is 0.443. The number of carbonyl (C=O) groups excluding carboxylic acids is 1. The Bertz CT molecular complexity index is 1170. The van der Waals surface area contributed by atoms with Crippen molar-refractivity contribution >= 4 is 28.3 Å². The molecule has 4 rings (SSSR count). The first-order valence-corrected chi connectivity index (χ1v) is 10.4. The molecule has 0 saturated carbocycles. The fourth-order valence-corrected chi connectivity index (χ4v) is 4.10. The summed E-state index contributed by atoms with van der Waals surface area (Å²) in [5.41, 5.74) is 3.03. The summed E-state index contributed by atoms with van der Waals surface area (Å²) >= 11 is 1.62. The molecule has 0 spiro atoms. The van der Waals surface area contributed by atoms with Crippen molar-refractivity contribution in [3.8, 4) is 10.6 Å². The van der Waals surface area contributed by atoms with E-state index in [9.17, 15) is 4.79 Å². The number of nitrogens with zero attached hydrogens (tertiary/aromatic N) is 4. The van der Waals surface area contributed by atoms with E-state index in [0.717, 1.165) is 10.6 Å². The fourth-order valence-electron chi connectivity index (χ4n) is 3.27. The highest BCUT2D eigenvalue weighted by Gasteiger charge is 2.24. The molecule has 0 aliphatic carbocycles. The second-order valence-corrected chi connectivity index (χ2v) is 8.24. The van der Waals surface area contributed by atoms with Gasteiger partial charge in [0.05, 0.1) is 46.1 Å². The highest BCUT2D eigenvalue weighted by Crippen LogP contribution is 2.31. The Labute approximate surface area is 178 Å². The fraction of sp³-hybridized carbons (Fsp3) is 0.273. The summed E-state index contributed by atoms with van der Waals surface area (Å²) in [5.74, 6) is -0.133. The normalized spacial score (nSPS) is 11.2. The number of hydrogen-bond donors (Lipinski definition) is 0. The molecule has 4 heterocycles. The summed E-state index contributed by atoms with van der Waals surface area (Å²) in [5, 5.41) is 4.68. The highest BCUT2D eigenvalue weighted by atomic mass is 32.1. The van der Waals surface area contributed by atoms with Crippen molar-refractivity contribution < 1.29 is 14.1 Å². The molecule has 4 aromatic rings. The van der Waals surface area contributed by atoms with Gasteiger partial charge >= 0.3 is 0 Å². The van der Waals surface area contributed by atoms with Crippen LogP contribution in [0.3, 0.4) is 0 Å². The lowest BCUT2D eigenvalue weighted by molar-refractivity contribution is 0.0680. The van der Waals surface area contributed by atoms with E-state index in [1.54, 1.807) is 29.5 Å². The molecule has 0 bridgehead atoms. The van der Waals surface area contributed by atoms with E-state index in [1.165, 1.54) is 4.88 Å². The maximum Gasteiger partial charge on any atom is 0.259 e. The Hall–Kier alpha value is -3.10. The van der Waals surface area contributed by atoms with E-state index in [4.69, 9.17) is 9.26 Å². The van der Waals surface area contributed by atoms with Crippen molar-refractivity contribution in [2.75, 3.05) is 20.3 Å². The van der Waals surface area contributed by atoms with Crippen molar-refractivity contribution in [2.45, 2.75) is 20.4 Å². The first-order chi connectivity index (χ1) is 14.6. The Balaban J connectivity index is 1.78. The molecule has 0 aliphatic heterocycles. The van der Waals surface area contributed by atoms with Crippen LogP contribution in [0.5, 0.6) is 0 Å². The smallest absolute Gasteiger partial charge is 0.259 e. The average Bonchev–Trinajstić information content (AvgIpc) is 3.36. The van der Waals surface area contributed by atoms with Crippen molar-refractivity contribution in [2.24, 2.45) is 0 Å². The largest absolute Gasteiger partial charge is 0.383 e. The number of amides is 1. The molecule has 0 fully saturated rings. The topological polar surface area (TPSA) is 81.4 Å². The van der Waals surface area contributed by atoms with Gasteiger partial charge in [-0.1, -0.05) is 11.2 Å². The molecule has 0 aromatic carbocycles. The number of hydrogen-bond acceptors (Lipinski definition) is 7. The number of ether oxygens (including phenoxy) is 1. The molecule has 7 nitrogen and oxygen atoms in total. The zero-order chi connectivity index (χ0) is 21.1. The maximum atomic E-state index is 13.7. The zero-order valence-corrected chi connectivity index (χ0v) is 17.9. The lowest BCUT2D eigenvalue weighted by atomic mass is 10.1. The van der Waals surface area contributed by atoms with Gasteiger partial charge in [0.15, 0.2) is 0 Å². The number of rotatable bonds is 7. The monoisotopic (exact) mass is 422 g/mol. The van der Waals surface area contributed by atoms with Crippen LogP contribution in [0, 0.1) is 13.8 Å². The summed E-state index contributed by atoms with van der Waals surface area (Å²) in [6.07, 6.45) is 1.72. The van der Waals surface area contributed by atoms with Crippen molar-refractivity contribution in [3.63, 3.8) is 0 Å². The number of pyridine rings is 2. The van der Waals surface area contributed by atoms with Gasteiger partial charge in [-0.3, -0.25) is 9.78 Å². The van der Waals surface area contributed by atoms with Gasteiger partial charge in [0.1, 0.15) is 0 Å². The Morgan fingerprint density at radius 2 is 2.10 bits per heavy atom. The van der Waals surface area contributed by atoms with Crippen LogP contribution < -0.4 is 0 Å². The number of fused-ring (bicyclic) bond motifs is 1. The first-order valence-electron chi connectivity index (χ1n) is 9.58. The van der Waals surface area contributed by atoms with Crippen LogP contribution in [0.1, 0.15) is 26.6 Å². The zero-order valence-electron chi connectivity index (χ0n) is 17.1. The number of carbonyl (C=O) groups is 1. The SMILES string of the molecule is COCCN(Cc1ccccn1)C(=O)c1cc(-c2ccc(C)s2)nc2onc(C)c12. The van der Waals surface area contributed by atoms with E-state index in [1.807, 2.05) is 50.2 Å². The summed E-state index contributed by atoms with van der Waals surface area (Å²) in [7, 11) is 1.62. The molecule has 0 aliphatic rings. The van der Waals surface area contributed by atoms with E-state index < -0.39 is 0 Å². The molecule has 0 saturated heterocycles. The Morgan fingerprint density at radius 1 is 1.23 bits per heavy atom. The molecule has 0 radical (unpaired) electrons. The Morgan fingerprint density at radius 3 is 2.80 bits per heavy atom. The van der Waals surface area contributed by atoms with Gasteiger partial charge in [0.2, 0.25) is 0 Å². The number of thiophene rings is 1. The van der Waals surface area contributed by atoms with E-state index >= 15 is 0 Å². The third-order valence-corrected chi connectivity index (χ3v) is 5.80. The lowest BCUT2D eigenvalue weighted by Crippen LogP contribution is -2.34. The third kappa shape index (κ3) is 4.10. The first kappa shape index (κ1) is 20.2. The molecule has 8 heteroatoms. The van der Waals surface area contributed by atoms with Crippen LogP contribution in [0.15, 0.2) is 47.1 Å². The van der Waals surface area contributed by atoms with Crippen LogP contribution in [0.2, 0.25) is 0 Å². The summed E-state index contributed by atoms with van der Waals surface area (Å²) in [6.45, 7) is 5.10. The van der Waals surface area contributed by atoms with Crippen molar-refractivity contribution in [1.82, 2.24) is 20.0 Å². The molecule has 30 heavy (non-hydrogen) atoms. The molecule has 1 amide bonds. The van der Waals surface area contributed by atoms with Crippen molar-refractivity contribution in [3.05, 3.63) is 64.4 Å². The molecule has 0 unspecified atom stereocenters. The second-order valence-electron chi connectivity index (χ2n) is 6.95. The number of aromatic nitrogens is 3. The number of methoxy groups -OCH3 is 1. The van der Waals surface area contributed by atoms with Gasteiger partial charge < -0.3 is 14.2 Å². The minimum Gasteiger partial charge on any atom is -0.383 e. The molecule has 154 valence electrons. The minimum atomic E-state index is -0.133. The molecular formula is C22H22N4O3S. The average molecular weight is 423 g/mol. The molecule has 0 atom stereocenters. The van der Waals surface area contributed by atoms with Crippen LogP contribution in [0.4, 0.5) is 0 Å². The van der Waals surface area contributed by atoms with E-state index in [2.05, 4.69) is 15.1 Å². The van der Waals surface area contributed by atoms with Gasteiger partial charge in [-0.2, -0.15) is 0 Å². The van der Waals surface area contributed by atoms with Crippen molar-refractivity contribution in [1.29, 1.82) is 0 Å². The predicted octanol–water partition coefficient (Wildman–Crippen LogP) is 4.25. The predicted molar refractivity (Wildman–Crippen MR) is 115 cm³/mol. The lowest BCUT2D eigenvalue weighted by Gasteiger charge is -2.22. The third-order valence-electron chi connectivity index (χ3n) is 4.77. The highest BCUT2D eigenvalue weighted by molar-refractivity contribution is 7.15. The molecule has 0 N–H and O–H groups in total. The van der Waals surface area contributed by atoms with Crippen LogP contribution >= 0.6 is 11.3 Å². The van der Waals surface area contributed by atoms with Gasteiger partial charge in [-0.15, -0.1) is 11.3 Å².